The van der Waals surface area contributed by atoms with Gasteiger partial charge in [-0.15, -0.1) is 0 Å². The number of nitrogens with zero attached hydrogens (tertiary/aromatic N) is 1. The van der Waals surface area contributed by atoms with E-state index >= 15 is 0 Å². The third-order valence-electron chi connectivity index (χ3n) is 3.84. The second-order valence-corrected chi connectivity index (χ2v) is 7.87. The minimum atomic E-state index is -3.38. The van der Waals surface area contributed by atoms with Crippen molar-refractivity contribution in [1.82, 2.24) is 9.62 Å². The molecule has 1 aromatic carbocycles. The van der Waals surface area contributed by atoms with Crippen molar-refractivity contribution in [3.8, 4) is 0 Å². The highest BCUT2D eigenvalue weighted by molar-refractivity contribution is 9.10. The van der Waals surface area contributed by atoms with Crippen LogP contribution in [0.3, 0.4) is 0 Å². The fourth-order valence-corrected chi connectivity index (χ4v) is 3.81. The molecule has 20 heavy (non-hydrogen) atoms. The van der Waals surface area contributed by atoms with E-state index in [1.165, 1.54) is 0 Å². The van der Waals surface area contributed by atoms with E-state index in [2.05, 4.69) is 32.5 Å². The lowest BCUT2D eigenvalue weighted by molar-refractivity contribution is 0.194. The molecule has 1 heterocycles. The molecular formula is C14H21BrN2O2S. The Kier molecular flexibility index (Phi) is 5.60. The van der Waals surface area contributed by atoms with Crippen LogP contribution in [0.15, 0.2) is 33.6 Å². The molecule has 0 unspecified atom stereocenters. The quantitative estimate of drug-likeness (QED) is 0.877. The van der Waals surface area contributed by atoms with E-state index < -0.39 is 10.0 Å². The van der Waals surface area contributed by atoms with Gasteiger partial charge in [0.1, 0.15) is 0 Å². The predicted octanol–water partition coefficient (Wildman–Crippen LogP) is 2.46. The summed E-state index contributed by atoms with van der Waals surface area (Å²) in [4.78, 5) is 2.73. The Hall–Kier alpha value is -0.430. The third-order valence-corrected chi connectivity index (χ3v) is 5.81. The van der Waals surface area contributed by atoms with E-state index in [-0.39, 0.29) is 0 Å². The smallest absolute Gasteiger partial charge is 0.240 e. The summed E-state index contributed by atoms with van der Waals surface area (Å²) >= 11 is 3.31. The fraction of sp³-hybridized carbons (Fsp3) is 0.571. The maximum absolute atomic E-state index is 12.2. The fourth-order valence-electron chi connectivity index (χ4n) is 2.43. The number of benzene rings is 1. The third kappa shape index (κ3) is 4.28. The highest BCUT2D eigenvalue weighted by atomic mass is 79.9. The van der Waals surface area contributed by atoms with Gasteiger partial charge in [0.15, 0.2) is 0 Å². The van der Waals surface area contributed by atoms with E-state index in [1.54, 1.807) is 24.3 Å². The summed E-state index contributed by atoms with van der Waals surface area (Å²) in [5.41, 5.74) is 0. The van der Waals surface area contributed by atoms with Crippen molar-refractivity contribution in [3.05, 3.63) is 28.7 Å². The van der Waals surface area contributed by atoms with Gasteiger partial charge in [0, 0.05) is 11.0 Å². The molecular weight excluding hydrogens is 340 g/mol. The van der Waals surface area contributed by atoms with Crippen LogP contribution >= 0.6 is 15.9 Å². The first-order chi connectivity index (χ1) is 9.51. The van der Waals surface area contributed by atoms with Crippen LogP contribution in [0.4, 0.5) is 0 Å². The molecule has 0 atom stereocenters. The molecule has 0 spiro atoms. The molecule has 6 heteroatoms. The van der Waals surface area contributed by atoms with Gasteiger partial charge in [-0.1, -0.05) is 22.9 Å². The topological polar surface area (TPSA) is 49.4 Å². The summed E-state index contributed by atoms with van der Waals surface area (Å²) in [5.74, 6) is 0.447. The van der Waals surface area contributed by atoms with Crippen molar-refractivity contribution in [2.24, 2.45) is 5.92 Å². The largest absolute Gasteiger partial charge is 0.304 e. The highest BCUT2D eigenvalue weighted by Gasteiger charge is 2.21. The van der Waals surface area contributed by atoms with Crippen molar-refractivity contribution >= 4 is 26.0 Å². The molecule has 0 aliphatic carbocycles. The second kappa shape index (κ2) is 7.02. The second-order valence-electron chi connectivity index (χ2n) is 5.18. The first-order valence-electron chi connectivity index (χ1n) is 6.99. The van der Waals surface area contributed by atoms with Crippen molar-refractivity contribution in [1.29, 1.82) is 0 Å². The Morgan fingerprint density at radius 2 is 1.85 bits per heavy atom. The van der Waals surface area contributed by atoms with Crippen LogP contribution in [0.25, 0.3) is 0 Å². The maximum Gasteiger partial charge on any atom is 0.240 e. The molecule has 1 saturated heterocycles. The van der Waals surface area contributed by atoms with E-state index in [0.29, 0.717) is 17.4 Å². The van der Waals surface area contributed by atoms with Crippen LogP contribution in [-0.4, -0.2) is 39.5 Å². The molecule has 1 N–H and O–H groups in total. The number of likely N-dealkylation sites (tertiary alicyclic amines) is 1. The van der Waals surface area contributed by atoms with Crippen LogP contribution in [0.5, 0.6) is 0 Å². The van der Waals surface area contributed by atoms with E-state index in [0.717, 1.165) is 36.9 Å². The molecule has 0 amide bonds. The molecule has 1 aromatic rings. The monoisotopic (exact) mass is 360 g/mol. The van der Waals surface area contributed by atoms with E-state index in [4.69, 9.17) is 0 Å². The molecule has 1 aliphatic rings. The average molecular weight is 361 g/mol. The van der Waals surface area contributed by atoms with E-state index in [9.17, 15) is 8.42 Å². The SMILES string of the molecule is CCN1CCC(CNS(=O)(=O)c2ccc(Br)cc2)CC1. The summed E-state index contributed by atoms with van der Waals surface area (Å²) < 4.78 is 28.0. The molecule has 0 bridgehead atoms. The number of sulfonamides is 1. The minimum Gasteiger partial charge on any atom is -0.304 e. The van der Waals surface area contributed by atoms with Gasteiger partial charge in [0.05, 0.1) is 4.90 Å². The van der Waals surface area contributed by atoms with Crippen LogP contribution in [0, 0.1) is 5.92 Å². The van der Waals surface area contributed by atoms with Crippen LogP contribution in [0.1, 0.15) is 19.8 Å². The predicted molar refractivity (Wildman–Crippen MR) is 84.2 cm³/mol. The molecule has 112 valence electrons. The van der Waals surface area contributed by atoms with Gasteiger partial charge in [-0.3, -0.25) is 0 Å². The number of rotatable bonds is 5. The molecule has 0 radical (unpaired) electrons. The first kappa shape index (κ1) is 15.9. The van der Waals surface area contributed by atoms with Gasteiger partial charge in [-0.05, 0) is 62.7 Å². The summed E-state index contributed by atoms with van der Waals surface area (Å²) in [5, 5.41) is 0. The van der Waals surface area contributed by atoms with Gasteiger partial charge in [-0.2, -0.15) is 0 Å². The summed E-state index contributed by atoms with van der Waals surface area (Å²) in [6.45, 7) is 5.92. The summed E-state index contributed by atoms with van der Waals surface area (Å²) in [7, 11) is -3.38. The number of hydrogen-bond donors (Lipinski definition) is 1. The molecule has 0 aromatic heterocycles. The van der Waals surface area contributed by atoms with Gasteiger partial charge in [0.2, 0.25) is 10.0 Å². The molecule has 4 nitrogen and oxygen atoms in total. The lowest BCUT2D eigenvalue weighted by atomic mass is 9.97. The zero-order valence-electron chi connectivity index (χ0n) is 11.7. The minimum absolute atomic E-state index is 0.326. The molecule has 0 saturated carbocycles. The lowest BCUT2D eigenvalue weighted by Crippen LogP contribution is -2.38. The van der Waals surface area contributed by atoms with Crippen molar-refractivity contribution in [3.63, 3.8) is 0 Å². The number of hydrogen-bond acceptors (Lipinski definition) is 3. The lowest BCUT2D eigenvalue weighted by Gasteiger charge is -2.30. The Morgan fingerprint density at radius 1 is 1.25 bits per heavy atom. The molecule has 1 fully saturated rings. The first-order valence-corrected chi connectivity index (χ1v) is 9.26. The summed E-state index contributed by atoms with van der Waals surface area (Å²) in [6, 6.07) is 6.72. The zero-order chi connectivity index (χ0) is 14.6. The zero-order valence-corrected chi connectivity index (χ0v) is 14.1. The average Bonchev–Trinajstić information content (AvgIpc) is 2.46. The van der Waals surface area contributed by atoms with Crippen molar-refractivity contribution in [2.45, 2.75) is 24.7 Å². The standard InChI is InChI=1S/C14H21BrN2O2S/c1-2-17-9-7-12(8-10-17)11-16-20(18,19)14-5-3-13(15)4-6-14/h3-6,12,16H,2,7-11H2,1H3. The Balaban J connectivity index is 1.88. The van der Waals surface area contributed by atoms with Crippen molar-refractivity contribution in [2.75, 3.05) is 26.2 Å². The van der Waals surface area contributed by atoms with Crippen molar-refractivity contribution < 1.29 is 8.42 Å². The normalized spacial score (nSPS) is 18.3. The van der Waals surface area contributed by atoms with Crippen LogP contribution in [-0.2, 0) is 10.0 Å². The number of nitrogens with one attached hydrogen (secondary N) is 1. The van der Waals surface area contributed by atoms with Gasteiger partial charge >= 0.3 is 0 Å². The highest BCUT2D eigenvalue weighted by Crippen LogP contribution is 2.18. The van der Waals surface area contributed by atoms with Crippen LogP contribution in [0.2, 0.25) is 0 Å². The Morgan fingerprint density at radius 3 is 2.40 bits per heavy atom. The van der Waals surface area contributed by atoms with E-state index in [1.807, 2.05) is 0 Å². The Labute approximate surface area is 129 Å². The van der Waals surface area contributed by atoms with Gasteiger partial charge in [-0.25, -0.2) is 13.1 Å². The summed E-state index contributed by atoms with van der Waals surface area (Å²) in [6.07, 6.45) is 2.13. The maximum atomic E-state index is 12.2. The molecule has 2 rings (SSSR count). The van der Waals surface area contributed by atoms with Crippen LogP contribution < -0.4 is 4.72 Å². The van der Waals surface area contributed by atoms with Gasteiger partial charge < -0.3 is 4.90 Å². The Bertz CT molecular complexity index is 523. The molecule has 1 aliphatic heterocycles. The van der Waals surface area contributed by atoms with Gasteiger partial charge in [0.25, 0.3) is 0 Å². The number of piperidine rings is 1. The number of halogens is 1.